The minimum Gasteiger partial charge on any atom is -0.294 e. The molecule has 8 heteroatoms. The van der Waals surface area contributed by atoms with Gasteiger partial charge in [0.05, 0.1) is 15.1 Å². The summed E-state index contributed by atoms with van der Waals surface area (Å²) in [4.78, 5) is 23.4. The summed E-state index contributed by atoms with van der Waals surface area (Å²) in [6.07, 6.45) is -0.362. The normalized spacial score (nSPS) is 12.3. The number of aryl methyl sites for hydroxylation is 1. The smallest absolute Gasteiger partial charge is 0.270 e. The Hall–Kier alpha value is -3.03. The summed E-state index contributed by atoms with van der Waals surface area (Å²) in [6, 6.07) is 17.9. The molecule has 0 aliphatic heterocycles. The Labute approximate surface area is 179 Å². The van der Waals surface area contributed by atoms with Crippen molar-refractivity contribution in [1.29, 1.82) is 0 Å². The van der Waals surface area contributed by atoms with Crippen molar-refractivity contribution in [3.63, 3.8) is 0 Å². The largest absolute Gasteiger partial charge is 0.294 e. The lowest BCUT2D eigenvalue weighted by Crippen LogP contribution is -2.18. The molecule has 0 unspecified atom stereocenters. The van der Waals surface area contributed by atoms with Crippen LogP contribution in [-0.2, 0) is 9.84 Å². The summed E-state index contributed by atoms with van der Waals surface area (Å²) in [5, 5.41) is 10.3. The van der Waals surface area contributed by atoms with Crippen LogP contribution in [0.3, 0.4) is 0 Å². The second kappa shape index (κ2) is 8.77. The number of hydrogen-bond acceptors (Lipinski definition) is 5. The fourth-order valence-electron chi connectivity index (χ4n) is 3.06. The maximum Gasteiger partial charge on any atom is 0.270 e. The number of non-ortho nitro benzene ring substituents is 1. The summed E-state index contributed by atoms with van der Waals surface area (Å²) in [5.41, 5.74) is 1.18. The van der Waals surface area contributed by atoms with Crippen molar-refractivity contribution in [2.75, 3.05) is 0 Å². The molecule has 0 aliphatic rings. The lowest BCUT2D eigenvalue weighted by atomic mass is 10.0. The number of nitro benzene ring substituents is 1. The first kappa shape index (κ1) is 21.7. The second-order valence-corrected chi connectivity index (χ2v) is 9.40. The molecule has 3 aromatic carbocycles. The third-order valence-corrected chi connectivity index (χ3v) is 7.08. The number of Topliss-reactive ketones (excluding diaryl/α,β-unsaturated/α-hetero) is 1. The Balaban J connectivity index is 2.03. The molecule has 0 radical (unpaired) electrons. The van der Waals surface area contributed by atoms with Crippen LogP contribution in [0.4, 0.5) is 5.69 Å². The number of sulfone groups is 1. The zero-order valence-electron chi connectivity index (χ0n) is 16.0. The van der Waals surface area contributed by atoms with Crippen LogP contribution in [0.5, 0.6) is 0 Å². The molecule has 6 nitrogen and oxygen atoms in total. The molecule has 0 bridgehead atoms. The Morgan fingerprint density at radius 2 is 1.67 bits per heavy atom. The van der Waals surface area contributed by atoms with Gasteiger partial charge in [-0.1, -0.05) is 53.6 Å². The Bertz CT molecular complexity index is 1190. The van der Waals surface area contributed by atoms with Crippen molar-refractivity contribution in [1.82, 2.24) is 0 Å². The highest BCUT2D eigenvalue weighted by molar-refractivity contribution is 7.91. The van der Waals surface area contributed by atoms with Gasteiger partial charge in [-0.15, -0.1) is 0 Å². The van der Waals surface area contributed by atoms with E-state index in [1.165, 1.54) is 30.3 Å². The van der Waals surface area contributed by atoms with Crippen molar-refractivity contribution < 1.29 is 18.1 Å². The van der Waals surface area contributed by atoms with Crippen molar-refractivity contribution >= 4 is 32.9 Å². The number of nitrogens with zero attached hydrogens (tertiary/aromatic N) is 1. The van der Waals surface area contributed by atoms with Crippen LogP contribution in [0, 0.1) is 17.0 Å². The van der Waals surface area contributed by atoms with Crippen molar-refractivity contribution in [2.45, 2.75) is 23.5 Å². The molecule has 0 saturated heterocycles. The molecule has 0 aliphatic carbocycles. The lowest BCUT2D eigenvalue weighted by Gasteiger charge is -2.18. The SMILES string of the molecule is Cc1ccc(S(=O)(=O)[C@@H](CC(=O)c2cccc([N+](=O)[O-])c2)c2ccc(Cl)cc2)cc1. The van der Waals surface area contributed by atoms with Crippen LogP contribution >= 0.6 is 11.6 Å². The topological polar surface area (TPSA) is 94.3 Å². The zero-order chi connectivity index (χ0) is 21.9. The van der Waals surface area contributed by atoms with Crippen LogP contribution < -0.4 is 0 Å². The van der Waals surface area contributed by atoms with E-state index < -0.39 is 25.8 Å². The summed E-state index contributed by atoms with van der Waals surface area (Å²) in [6.45, 7) is 1.85. The number of ketones is 1. The van der Waals surface area contributed by atoms with Crippen molar-refractivity contribution in [3.05, 3.63) is 105 Å². The van der Waals surface area contributed by atoms with Gasteiger partial charge < -0.3 is 0 Å². The molecular formula is C22H18ClNO5S. The van der Waals surface area contributed by atoms with Crippen LogP contribution in [0.1, 0.15) is 33.2 Å². The molecule has 0 spiro atoms. The van der Waals surface area contributed by atoms with Crippen molar-refractivity contribution in [3.8, 4) is 0 Å². The van der Waals surface area contributed by atoms with Crippen LogP contribution in [0.25, 0.3) is 0 Å². The van der Waals surface area contributed by atoms with E-state index in [0.29, 0.717) is 10.6 Å². The van der Waals surface area contributed by atoms with Crippen molar-refractivity contribution in [2.24, 2.45) is 0 Å². The van der Waals surface area contributed by atoms with E-state index in [2.05, 4.69) is 0 Å². The highest BCUT2D eigenvalue weighted by Crippen LogP contribution is 2.34. The lowest BCUT2D eigenvalue weighted by molar-refractivity contribution is -0.384. The number of halogens is 1. The Kier molecular flexibility index (Phi) is 6.34. The third-order valence-electron chi connectivity index (χ3n) is 4.72. The molecule has 0 N–H and O–H groups in total. The molecule has 0 aromatic heterocycles. The van der Waals surface area contributed by atoms with Gasteiger partial charge in [0.2, 0.25) is 0 Å². The van der Waals surface area contributed by atoms with Gasteiger partial charge in [0.25, 0.3) is 5.69 Å². The fourth-order valence-corrected chi connectivity index (χ4v) is 4.91. The third kappa shape index (κ3) is 4.75. The van der Waals surface area contributed by atoms with E-state index in [-0.39, 0.29) is 22.6 Å². The van der Waals surface area contributed by atoms with Gasteiger partial charge in [0.15, 0.2) is 15.6 Å². The van der Waals surface area contributed by atoms with E-state index in [0.717, 1.165) is 11.6 Å². The van der Waals surface area contributed by atoms with Crippen LogP contribution in [0.2, 0.25) is 5.02 Å². The van der Waals surface area contributed by atoms with Gasteiger partial charge in [-0.3, -0.25) is 14.9 Å². The average molecular weight is 444 g/mol. The number of carbonyl (C=O) groups excluding carboxylic acids is 1. The fraction of sp³-hybridized carbons (Fsp3) is 0.136. The highest BCUT2D eigenvalue weighted by atomic mass is 35.5. The first-order chi connectivity index (χ1) is 14.2. The van der Waals surface area contributed by atoms with E-state index in [1.54, 1.807) is 36.4 Å². The molecule has 154 valence electrons. The molecule has 3 aromatic rings. The number of carbonyl (C=O) groups is 1. The number of nitro groups is 1. The monoisotopic (exact) mass is 443 g/mol. The number of benzene rings is 3. The van der Waals surface area contributed by atoms with E-state index >= 15 is 0 Å². The van der Waals surface area contributed by atoms with Gasteiger partial charge in [0, 0.05) is 29.1 Å². The molecule has 0 fully saturated rings. The van der Waals surface area contributed by atoms with Gasteiger partial charge >= 0.3 is 0 Å². The predicted octanol–water partition coefficient (Wildman–Crippen LogP) is 5.34. The summed E-state index contributed by atoms with van der Waals surface area (Å²) in [7, 11) is -3.91. The van der Waals surface area contributed by atoms with Crippen LogP contribution in [-0.4, -0.2) is 19.1 Å². The molecule has 3 rings (SSSR count). The Morgan fingerprint density at radius 3 is 2.27 bits per heavy atom. The minimum absolute atomic E-state index is 0.0854. The first-order valence-electron chi connectivity index (χ1n) is 9.02. The Morgan fingerprint density at radius 1 is 1.03 bits per heavy atom. The molecule has 0 heterocycles. The summed E-state index contributed by atoms with van der Waals surface area (Å²) < 4.78 is 26.8. The van der Waals surface area contributed by atoms with Gasteiger partial charge in [0.1, 0.15) is 0 Å². The van der Waals surface area contributed by atoms with E-state index in [1.807, 2.05) is 6.92 Å². The number of rotatable bonds is 7. The molecule has 0 amide bonds. The average Bonchev–Trinajstić information content (AvgIpc) is 2.73. The zero-order valence-corrected chi connectivity index (χ0v) is 17.6. The molecule has 0 saturated carbocycles. The predicted molar refractivity (Wildman–Crippen MR) is 115 cm³/mol. The summed E-state index contributed by atoms with van der Waals surface area (Å²) >= 11 is 5.93. The van der Waals surface area contributed by atoms with Gasteiger partial charge in [-0.05, 0) is 36.8 Å². The number of hydrogen-bond donors (Lipinski definition) is 0. The molecular weight excluding hydrogens is 426 g/mol. The van der Waals surface area contributed by atoms with Gasteiger partial charge in [-0.2, -0.15) is 0 Å². The van der Waals surface area contributed by atoms with Gasteiger partial charge in [-0.25, -0.2) is 8.42 Å². The van der Waals surface area contributed by atoms with Crippen LogP contribution in [0.15, 0.2) is 77.7 Å². The molecule has 30 heavy (non-hydrogen) atoms. The van der Waals surface area contributed by atoms with E-state index in [9.17, 15) is 23.3 Å². The maximum atomic E-state index is 13.4. The quantitative estimate of drug-likeness (QED) is 0.279. The standard InChI is InChI=1S/C22H18ClNO5S/c1-15-5-11-20(12-6-15)30(28,29)22(16-7-9-18(23)10-8-16)14-21(25)17-3-2-4-19(13-17)24(26)27/h2-13,22H,14H2,1H3/t22-/m0/s1. The van der Waals surface area contributed by atoms with E-state index in [4.69, 9.17) is 11.6 Å². The molecule has 1 atom stereocenters. The first-order valence-corrected chi connectivity index (χ1v) is 10.9. The minimum atomic E-state index is -3.91. The second-order valence-electron chi connectivity index (χ2n) is 6.83. The highest BCUT2D eigenvalue weighted by Gasteiger charge is 2.32. The maximum absolute atomic E-state index is 13.4. The summed E-state index contributed by atoms with van der Waals surface area (Å²) in [5.74, 6) is -0.505.